The molecule has 7 nitrogen and oxygen atoms in total. The molecular weight excluding hydrogens is 438 g/mol. The Bertz CT molecular complexity index is 1430. The maximum atomic E-state index is 13.6. The molecule has 0 saturated carbocycles. The van der Waals surface area contributed by atoms with Gasteiger partial charge in [-0.1, -0.05) is 6.07 Å². The van der Waals surface area contributed by atoms with Crippen LogP contribution in [0.1, 0.15) is 34.1 Å². The van der Waals surface area contributed by atoms with Crippen LogP contribution in [0.4, 0.5) is 14.5 Å². The number of aryl methyl sites for hydroxylation is 2. The Morgan fingerprint density at radius 3 is 2.59 bits per heavy atom. The second kappa shape index (κ2) is 8.83. The molecule has 1 N–H and O–H groups in total. The van der Waals surface area contributed by atoms with Gasteiger partial charge in [-0.3, -0.25) is 19.4 Å². The van der Waals surface area contributed by atoms with E-state index in [9.17, 15) is 18.8 Å². The van der Waals surface area contributed by atoms with Crippen LogP contribution < -0.4 is 5.32 Å². The molecule has 0 radical (unpaired) electrons. The first kappa shape index (κ1) is 22.7. The highest BCUT2D eigenvalue weighted by molar-refractivity contribution is 6.04. The average molecular weight is 458 g/mol. The lowest BCUT2D eigenvalue weighted by molar-refractivity contribution is 0.0127. The van der Waals surface area contributed by atoms with E-state index in [1.807, 2.05) is 13.0 Å². The first-order valence-corrected chi connectivity index (χ1v) is 10.3. The lowest BCUT2D eigenvalue weighted by Gasteiger charge is -2.13. The highest BCUT2D eigenvalue weighted by Gasteiger charge is 2.27. The highest BCUT2D eigenvalue weighted by atomic mass is 19.3. The van der Waals surface area contributed by atoms with Gasteiger partial charge in [0.25, 0.3) is 11.8 Å². The maximum Gasteiger partial charge on any atom is 0.286 e. The molecule has 0 aliphatic rings. The van der Waals surface area contributed by atoms with E-state index < -0.39 is 17.5 Å². The van der Waals surface area contributed by atoms with E-state index in [1.54, 1.807) is 48.5 Å². The largest absolute Gasteiger partial charge is 0.322 e. The smallest absolute Gasteiger partial charge is 0.286 e. The predicted molar refractivity (Wildman–Crippen MR) is 123 cm³/mol. The molecule has 3 aromatic heterocycles. The summed E-state index contributed by atoms with van der Waals surface area (Å²) >= 11 is 0. The van der Waals surface area contributed by atoms with Gasteiger partial charge < -0.3 is 5.32 Å². The zero-order chi connectivity index (χ0) is 24.5. The number of amides is 1. The standard InChI is InChI=1S/C25H20F2N6O/c1-15-4-5-20(32-24(34)16-6-7-29-22(9-16)25(2,26)27)10-21(15)18-8-17(11-28)23(30-12-18)19-13-31-33(3)14-19/h4-10,12-14H,1-3H3,(H,32,34). The summed E-state index contributed by atoms with van der Waals surface area (Å²) in [6.45, 7) is 2.63. The first-order chi connectivity index (χ1) is 16.2. The molecule has 0 fully saturated rings. The fourth-order valence-electron chi connectivity index (χ4n) is 3.50. The van der Waals surface area contributed by atoms with Crippen LogP contribution in [0, 0.1) is 18.3 Å². The number of hydrogen-bond donors (Lipinski definition) is 1. The summed E-state index contributed by atoms with van der Waals surface area (Å²) in [6, 6.07) is 11.7. The number of rotatable bonds is 5. The molecule has 0 aliphatic heterocycles. The van der Waals surface area contributed by atoms with Gasteiger partial charge in [-0.05, 0) is 48.4 Å². The molecule has 0 spiro atoms. The van der Waals surface area contributed by atoms with E-state index in [1.165, 1.54) is 12.3 Å². The number of alkyl halides is 2. The fraction of sp³-hybridized carbons (Fsp3) is 0.160. The Morgan fingerprint density at radius 2 is 1.91 bits per heavy atom. The zero-order valence-corrected chi connectivity index (χ0v) is 18.7. The van der Waals surface area contributed by atoms with Crippen molar-refractivity contribution in [2.24, 2.45) is 7.05 Å². The number of aromatic nitrogens is 4. The van der Waals surface area contributed by atoms with E-state index in [2.05, 4.69) is 26.5 Å². The number of carbonyl (C=O) groups is 1. The number of nitriles is 1. The van der Waals surface area contributed by atoms with E-state index in [-0.39, 0.29) is 5.56 Å². The monoisotopic (exact) mass is 458 g/mol. The van der Waals surface area contributed by atoms with Crippen LogP contribution in [0.3, 0.4) is 0 Å². The Labute approximate surface area is 194 Å². The number of hydrogen-bond acceptors (Lipinski definition) is 5. The molecule has 9 heteroatoms. The lowest BCUT2D eigenvalue weighted by atomic mass is 9.98. The number of carbonyl (C=O) groups excluding carboxylic acids is 1. The number of nitrogens with one attached hydrogen (secondary N) is 1. The van der Waals surface area contributed by atoms with E-state index in [0.717, 1.165) is 29.7 Å². The van der Waals surface area contributed by atoms with Gasteiger partial charge >= 0.3 is 0 Å². The van der Waals surface area contributed by atoms with Gasteiger partial charge in [0.05, 0.1) is 17.5 Å². The number of pyridine rings is 2. The SMILES string of the molecule is Cc1ccc(NC(=O)c2ccnc(C(C)(F)F)c2)cc1-c1cnc(-c2cnn(C)c2)c(C#N)c1. The van der Waals surface area contributed by atoms with Crippen LogP contribution in [0.5, 0.6) is 0 Å². The summed E-state index contributed by atoms with van der Waals surface area (Å²) in [5, 5.41) is 16.5. The first-order valence-electron chi connectivity index (χ1n) is 10.3. The molecule has 1 aromatic carbocycles. The second-order valence-electron chi connectivity index (χ2n) is 7.94. The van der Waals surface area contributed by atoms with Gasteiger partial charge in [-0.25, -0.2) is 0 Å². The number of anilines is 1. The van der Waals surface area contributed by atoms with Crippen molar-refractivity contribution in [1.29, 1.82) is 5.26 Å². The quantitative estimate of drug-likeness (QED) is 0.449. The average Bonchev–Trinajstić information content (AvgIpc) is 3.25. The van der Waals surface area contributed by atoms with Gasteiger partial charge in [-0.15, -0.1) is 0 Å². The Hall–Kier alpha value is -4.45. The van der Waals surface area contributed by atoms with Crippen LogP contribution in [-0.4, -0.2) is 25.7 Å². The van der Waals surface area contributed by atoms with Crippen molar-refractivity contribution in [2.75, 3.05) is 5.32 Å². The van der Waals surface area contributed by atoms with Crippen LogP contribution in [0.15, 0.2) is 61.2 Å². The summed E-state index contributed by atoms with van der Waals surface area (Å²) in [5.74, 6) is -3.69. The summed E-state index contributed by atoms with van der Waals surface area (Å²) in [4.78, 5) is 20.8. The molecule has 0 unspecified atom stereocenters. The molecular formula is C25H20F2N6O. The van der Waals surface area contributed by atoms with Crippen molar-refractivity contribution in [1.82, 2.24) is 19.7 Å². The molecule has 4 aromatic rings. The second-order valence-corrected chi connectivity index (χ2v) is 7.94. The Kier molecular flexibility index (Phi) is 5.90. The molecule has 34 heavy (non-hydrogen) atoms. The van der Waals surface area contributed by atoms with E-state index in [4.69, 9.17) is 0 Å². The van der Waals surface area contributed by atoms with Crippen molar-refractivity contribution in [3.63, 3.8) is 0 Å². The van der Waals surface area contributed by atoms with E-state index in [0.29, 0.717) is 22.5 Å². The van der Waals surface area contributed by atoms with E-state index >= 15 is 0 Å². The minimum atomic E-state index is -3.15. The van der Waals surface area contributed by atoms with Crippen LogP contribution in [0.25, 0.3) is 22.4 Å². The number of halogens is 2. The zero-order valence-electron chi connectivity index (χ0n) is 18.7. The van der Waals surface area contributed by atoms with Crippen molar-refractivity contribution in [3.05, 3.63) is 83.6 Å². The molecule has 4 rings (SSSR count). The van der Waals surface area contributed by atoms with Gasteiger partial charge in [-0.2, -0.15) is 19.1 Å². The Morgan fingerprint density at radius 1 is 1.12 bits per heavy atom. The van der Waals surface area contributed by atoms with Crippen LogP contribution in [-0.2, 0) is 13.0 Å². The predicted octanol–water partition coefficient (Wildman–Crippen LogP) is 5.09. The summed E-state index contributed by atoms with van der Waals surface area (Å²) < 4.78 is 28.8. The minimum absolute atomic E-state index is 0.0721. The van der Waals surface area contributed by atoms with Crippen LogP contribution >= 0.6 is 0 Å². The molecule has 3 heterocycles. The Balaban J connectivity index is 1.64. The van der Waals surface area contributed by atoms with Gasteiger partial charge in [0.15, 0.2) is 0 Å². The number of benzene rings is 1. The van der Waals surface area contributed by atoms with Gasteiger partial charge in [0.1, 0.15) is 11.8 Å². The molecule has 1 amide bonds. The van der Waals surface area contributed by atoms with Crippen molar-refractivity contribution >= 4 is 11.6 Å². The number of nitrogens with zero attached hydrogens (tertiary/aromatic N) is 5. The molecule has 170 valence electrons. The van der Waals surface area contributed by atoms with Crippen molar-refractivity contribution < 1.29 is 13.6 Å². The molecule has 0 aliphatic carbocycles. The van der Waals surface area contributed by atoms with Crippen molar-refractivity contribution in [3.8, 4) is 28.5 Å². The molecule has 0 saturated heterocycles. The third-order valence-corrected chi connectivity index (χ3v) is 5.26. The van der Waals surface area contributed by atoms with Crippen LogP contribution in [0.2, 0.25) is 0 Å². The van der Waals surface area contributed by atoms with Gasteiger partial charge in [0.2, 0.25) is 0 Å². The molecule has 0 atom stereocenters. The summed E-state index contributed by atoms with van der Waals surface area (Å²) in [6.07, 6.45) is 6.27. The third-order valence-electron chi connectivity index (χ3n) is 5.26. The highest BCUT2D eigenvalue weighted by Crippen LogP contribution is 2.30. The maximum absolute atomic E-state index is 13.6. The fourth-order valence-corrected chi connectivity index (χ4v) is 3.50. The minimum Gasteiger partial charge on any atom is -0.322 e. The topological polar surface area (TPSA) is 96.5 Å². The normalized spacial score (nSPS) is 11.2. The summed E-state index contributed by atoms with van der Waals surface area (Å²) in [5.41, 5.74) is 4.11. The van der Waals surface area contributed by atoms with Crippen molar-refractivity contribution in [2.45, 2.75) is 19.8 Å². The van der Waals surface area contributed by atoms with Gasteiger partial charge in [0, 0.05) is 54.9 Å². The summed E-state index contributed by atoms with van der Waals surface area (Å²) in [7, 11) is 1.79. The molecule has 0 bridgehead atoms. The lowest BCUT2D eigenvalue weighted by Crippen LogP contribution is -2.15. The third kappa shape index (κ3) is 4.66.